The molecule has 0 aliphatic heterocycles. The molecule has 1 aliphatic rings. The molecule has 106 valence electrons. The Bertz CT molecular complexity index is 443. The van der Waals surface area contributed by atoms with Crippen molar-refractivity contribution < 1.29 is 5.11 Å². The van der Waals surface area contributed by atoms with Gasteiger partial charge in [-0.2, -0.15) is 0 Å². The lowest BCUT2D eigenvalue weighted by atomic mass is 9.87. The van der Waals surface area contributed by atoms with Crippen molar-refractivity contribution in [1.82, 2.24) is 0 Å². The second-order valence-electron chi connectivity index (χ2n) is 5.19. The highest BCUT2D eigenvalue weighted by Gasteiger charge is 2.38. The average Bonchev–Trinajstić information content (AvgIpc) is 2.76. The van der Waals surface area contributed by atoms with Crippen molar-refractivity contribution in [3.63, 3.8) is 0 Å². The number of hydrogen-bond donors (Lipinski definition) is 2. The molecule has 0 amide bonds. The quantitative estimate of drug-likeness (QED) is 0.807. The Labute approximate surface area is 128 Å². The second kappa shape index (κ2) is 6.68. The maximum atomic E-state index is 9.42. The lowest BCUT2D eigenvalue weighted by molar-refractivity contribution is 0.158. The first-order valence-corrected chi connectivity index (χ1v) is 8.27. The molecular formula is C14H19Cl2NOS. The molecule has 0 spiro atoms. The maximum absolute atomic E-state index is 9.42. The molecule has 1 aromatic rings. The van der Waals surface area contributed by atoms with Crippen LogP contribution in [0.25, 0.3) is 0 Å². The van der Waals surface area contributed by atoms with Crippen LogP contribution in [-0.2, 0) is 0 Å². The molecule has 0 radical (unpaired) electrons. The molecule has 1 aromatic carbocycles. The van der Waals surface area contributed by atoms with Gasteiger partial charge in [-0.05, 0) is 49.1 Å². The Kier molecular flexibility index (Phi) is 5.44. The van der Waals surface area contributed by atoms with Gasteiger partial charge in [-0.1, -0.05) is 29.6 Å². The van der Waals surface area contributed by atoms with Crippen LogP contribution in [0.4, 0.5) is 0 Å². The van der Waals surface area contributed by atoms with Crippen LogP contribution in [0, 0.1) is 5.92 Å². The van der Waals surface area contributed by atoms with Crippen molar-refractivity contribution in [2.45, 2.75) is 36.1 Å². The number of aliphatic hydroxyl groups is 1. The summed E-state index contributed by atoms with van der Waals surface area (Å²) in [6.45, 7) is 0.0924. The van der Waals surface area contributed by atoms with E-state index >= 15 is 0 Å². The molecule has 0 heterocycles. The summed E-state index contributed by atoms with van der Waals surface area (Å²) in [7, 11) is 0. The summed E-state index contributed by atoms with van der Waals surface area (Å²) in [5, 5.41) is 10.6. The van der Waals surface area contributed by atoms with Gasteiger partial charge in [0.2, 0.25) is 0 Å². The Balaban J connectivity index is 1.85. The molecule has 2 atom stereocenters. The fourth-order valence-electron chi connectivity index (χ4n) is 2.69. The third-order valence-electron chi connectivity index (χ3n) is 3.93. The van der Waals surface area contributed by atoms with Crippen molar-refractivity contribution in [3.05, 3.63) is 28.2 Å². The highest BCUT2D eigenvalue weighted by molar-refractivity contribution is 7.99. The van der Waals surface area contributed by atoms with E-state index in [1.54, 1.807) is 11.8 Å². The number of thioether (sulfide) groups is 1. The second-order valence-corrected chi connectivity index (χ2v) is 7.18. The predicted octanol–water partition coefficient (Wildman–Crippen LogP) is 3.97. The number of hydrogen-bond acceptors (Lipinski definition) is 3. The third-order valence-corrected chi connectivity index (χ3v) is 5.69. The molecule has 0 bridgehead atoms. The van der Waals surface area contributed by atoms with Crippen LogP contribution in [0.1, 0.15) is 25.7 Å². The maximum Gasteiger partial charge on any atom is 0.0613 e. The fourth-order valence-corrected chi connectivity index (χ4v) is 4.06. The Morgan fingerprint density at radius 1 is 1.37 bits per heavy atom. The van der Waals surface area contributed by atoms with E-state index in [1.807, 2.05) is 18.2 Å². The molecule has 1 aliphatic carbocycles. The molecule has 2 rings (SSSR count). The van der Waals surface area contributed by atoms with Crippen LogP contribution in [0.15, 0.2) is 23.1 Å². The Morgan fingerprint density at radius 2 is 2.16 bits per heavy atom. The van der Waals surface area contributed by atoms with Crippen LogP contribution in [0.2, 0.25) is 10.0 Å². The third kappa shape index (κ3) is 3.79. The molecule has 0 saturated heterocycles. The Morgan fingerprint density at radius 3 is 2.84 bits per heavy atom. The molecule has 5 heteroatoms. The number of aliphatic hydroxyl groups excluding tert-OH is 1. The van der Waals surface area contributed by atoms with E-state index in [0.717, 1.165) is 36.3 Å². The van der Waals surface area contributed by atoms with E-state index in [-0.39, 0.29) is 12.1 Å². The number of rotatable bonds is 5. The zero-order valence-corrected chi connectivity index (χ0v) is 13.1. The zero-order chi connectivity index (χ0) is 13.9. The van der Waals surface area contributed by atoms with Crippen LogP contribution in [0.5, 0.6) is 0 Å². The molecule has 2 nitrogen and oxygen atoms in total. The molecule has 1 saturated carbocycles. The topological polar surface area (TPSA) is 46.2 Å². The van der Waals surface area contributed by atoms with Gasteiger partial charge in [0.25, 0.3) is 0 Å². The summed E-state index contributed by atoms with van der Waals surface area (Å²) in [5.74, 6) is 1.41. The minimum atomic E-state index is -0.363. The first kappa shape index (κ1) is 15.5. The largest absolute Gasteiger partial charge is 0.394 e. The average molecular weight is 320 g/mol. The zero-order valence-electron chi connectivity index (χ0n) is 10.7. The van der Waals surface area contributed by atoms with Crippen LogP contribution < -0.4 is 5.73 Å². The predicted molar refractivity (Wildman–Crippen MR) is 83.1 cm³/mol. The highest BCUT2D eigenvalue weighted by Crippen LogP contribution is 2.37. The van der Waals surface area contributed by atoms with E-state index < -0.39 is 0 Å². The van der Waals surface area contributed by atoms with Gasteiger partial charge in [0.1, 0.15) is 0 Å². The van der Waals surface area contributed by atoms with Crippen LogP contribution in [0.3, 0.4) is 0 Å². The van der Waals surface area contributed by atoms with Crippen LogP contribution >= 0.6 is 35.0 Å². The molecule has 0 aromatic heterocycles. The van der Waals surface area contributed by atoms with Crippen molar-refractivity contribution in [3.8, 4) is 0 Å². The minimum Gasteiger partial charge on any atom is -0.394 e. The lowest BCUT2D eigenvalue weighted by Gasteiger charge is -2.29. The summed E-state index contributed by atoms with van der Waals surface area (Å²) >= 11 is 13.6. The summed E-state index contributed by atoms with van der Waals surface area (Å²) in [6.07, 6.45) is 4.21. The SMILES string of the molecule is NC1(CO)CCCC1CCSc1ccc(Cl)c(Cl)c1. The highest BCUT2D eigenvalue weighted by atomic mass is 35.5. The summed E-state index contributed by atoms with van der Waals surface area (Å²) in [5.41, 5.74) is 5.87. The van der Waals surface area contributed by atoms with Gasteiger partial charge >= 0.3 is 0 Å². The monoisotopic (exact) mass is 319 g/mol. The first-order valence-electron chi connectivity index (χ1n) is 6.53. The van der Waals surface area contributed by atoms with E-state index in [2.05, 4.69) is 0 Å². The molecule has 2 unspecified atom stereocenters. The van der Waals surface area contributed by atoms with E-state index in [1.165, 1.54) is 0 Å². The van der Waals surface area contributed by atoms with Crippen molar-refractivity contribution >= 4 is 35.0 Å². The number of benzene rings is 1. The number of nitrogens with two attached hydrogens (primary N) is 1. The normalized spacial score (nSPS) is 26.8. The van der Waals surface area contributed by atoms with E-state index in [4.69, 9.17) is 28.9 Å². The van der Waals surface area contributed by atoms with Gasteiger partial charge in [-0.25, -0.2) is 0 Å². The standard InChI is InChI=1S/C14H19Cl2NOS/c15-12-4-3-11(8-13(12)16)19-7-5-10-2-1-6-14(10,17)9-18/h3-4,8,10,18H,1-2,5-7,9,17H2. The Hall–Kier alpha value is 0.0700. The van der Waals surface area contributed by atoms with E-state index in [0.29, 0.717) is 16.0 Å². The first-order chi connectivity index (χ1) is 9.05. The fraction of sp³-hybridized carbons (Fsp3) is 0.571. The minimum absolute atomic E-state index is 0.0924. The van der Waals surface area contributed by atoms with Crippen LogP contribution in [-0.4, -0.2) is 23.0 Å². The molecular weight excluding hydrogens is 301 g/mol. The van der Waals surface area contributed by atoms with Gasteiger partial charge in [-0.3, -0.25) is 0 Å². The molecule has 1 fully saturated rings. The summed E-state index contributed by atoms with van der Waals surface area (Å²) < 4.78 is 0. The summed E-state index contributed by atoms with van der Waals surface area (Å²) in [4.78, 5) is 1.12. The van der Waals surface area contributed by atoms with Gasteiger partial charge in [0.15, 0.2) is 0 Å². The van der Waals surface area contributed by atoms with Gasteiger partial charge < -0.3 is 10.8 Å². The number of halogens is 2. The van der Waals surface area contributed by atoms with Gasteiger partial charge in [0.05, 0.1) is 16.7 Å². The molecule has 19 heavy (non-hydrogen) atoms. The smallest absolute Gasteiger partial charge is 0.0613 e. The van der Waals surface area contributed by atoms with E-state index in [9.17, 15) is 5.11 Å². The summed E-state index contributed by atoms with van der Waals surface area (Å²) in [6, 6.07) is 5.70. The molecule has 3 N–H and O–H groups in total. The van der Waals surface area contributed by atoms with Crippen molar-refractivity contribution in [2.24, 2.45) is 11.7 Å². The van der Waals surface area contributed by atoms with Gasteiger partial charge in [-0.15, -0.1) is 11.8 Å². The van der Waals surface area contributed by atoms with Gasteiger partial charge in [0, 0.05) is 10.4 Å². The lowest BCUT2D eigenvalue weighted by Crippen LogP contribution is -2.47. The van der Waals surface area contributed by atoms with Crippen molar-refractivity contribution in [1.29, 1.82) is 0 Å². The van der Waals surface area contributed by atoms with Crippen molar-refractivity contribution in [2.75, 3.05) is 12.4 Å².